The summed E-state index contributed by atoms with van der Waals surface area (Å²) in [6.07, 6.45) is 5.17. The minimum absolute atomic E-state index is 0.367. The molecule has 2 aromatic heterocycles. The average molecular weight is 270 g/mol. The number of nitrogens with zero attached hydrogens (tertiary/aromatic N) is 2. The lowest BCUT2D eigenvalue weighted by Crippen LogP contribution is -2.14. The van der Waals surface area contributed by atoms with Gasteiger partial charge in [0.15, 0.2) is 23.6 Å². The summed E-state index contributed by atoms with van der Waals surface area (Å²) >= 11 is 0. The van der Waals surface area contributed by atoms with Crippen molar-refractivity contribution >= 4 is 11.1 Å². The highest BCUT2D eigenvalue weighted by Gasteiger charge is 2.21. The van der Waals surface area contributed by atoms with Crippen LogP contribution in [0.15, 0.2) is 39.6 Å². The second-order valence-corrected chi connectivity index (χ2v) is 4.98. The second-order valence-electron chi connectivity index (χ2n) is 4.98. The third kappa shape index (κ3) is 2.00. The van der Waals surface area contributed by atoms with E-state index in [0.717, 1.165) is 54.4 Å². The molecule has 1 aliphatic heterocycles. The van der Waals surface area contributed by atoms with Crippen molar-refractivity contribution in [2.75, 3.05) is 13.2 Å². The maximum atomic E-state index is 5.91. The largest absolute Gasteiger partial charge is 0.443 e. The molecule has 3 aromatic rings. The quantitative estimate of drug-likeness (QED) is 0.714. The van der Waals surface area contributed by atoms with E-state index < -0.39 is 0 Å². The first kappa shape index (κ1) is 11.7. The van der Waals surface area contributed by atoms with E-state index in [0.29, 0.717) is 5.92 Å². The number of benzene rings is 1. The summed E-state index contributed by atoms with van der Waals surface area (Å²) in [5.41, 5.74) is 2.56. The van der Waals surface area contributed by atoms with Crippen LogP contribution in [-0.2, 0) is 4.74 Å². The fourth-order valence-electron chi connectivity index (χ4n) is 2.56. The van der Waals surface area contributed by atoms with Crippen LogP contribution in [0.3, 0.4) is 0 Å². The molecule has 0 N–H and O–H groups in total. The number of aromatic nitrogens is 2. The lowest BCUT2D eigenvalue weighted by Gasteiger charge is -2.18. The Morgan fingerprint density at radius 2 is 2.00 bits per heavy atom. The maximum absolute atomic E-state index is 5.91. The molecule has 20 heavy (non-hydrogen) atoms. The minimum Gasteiger partial charge on any atom is -0.443 e. The fraction of sp³-hybridized carbons (Fsp3) is 0.333. The van der Waals surface area contributed by atoms with E-state index in [4.69, 9.17) is 13.6 Å². The first-order valence-corrected chi connectivity index (χ1v) is 6.77. The molecule has 4 rings (SSSR count). The fourth-order valence-corrected chi connectivity index (χ4v) is 2.56. The normalized spacial score (nSPS) is 16.8. The molecule has 0 unspecified atom stereocenters. The Bertz CT molecular complexity index is 725. The van der Waals surface area contributed by atoms with Crippen LogP contribution in [0.5, 0.6) is 0 Å². The van der Waals surface area contributed by atoms with Crippen molar-refractivity contribution in [1.29, 1.82) is 0 Å². The van der Waals surface area contributed by atoms with Gasteiger partial charge in [-0.3, -0.25) is 0 Å². The van der Waals surface area contributed by atoms with Gasteiger partial charge in [-0.2, -0.15) is 0 Å². The van der Waals surface area contributed by atoms with Crippen molar-refractivity contribution in [2.45, 2.75) is 18.8 Å². The Morgan fingerprint density at radius 1 is 1.10 bits per heavy atom. The lowest BCUT2D eigenvalue weighted by atomic mass is 10.0. The number of ether oxygens (including phenoxy) is 1. The maximum Gasteiger partial charge on any atom is 0.198 e. The standard InChI is InChI=1S/C15H14N2O3/c1-2-12-13(19-9-17-12)7-11(1)14-8-16-15(20-14)10-3-5-18-6-4-10/h1-2,7-10H,3-6H2. The van der Waals surface area contributed by atoms with Crippen LogP contribution in [-0.4, -0.2) is 23.2 Å². The minimum atomic E-state index is 0.367. The van der Waals surface area contributed by atoms with Gasteiger partial charge >= 0.3 is 0 Å². The molecule has 0 spiro atoms. The first-order chi connectivity index (χ1) is 9.90. The van der Waals surface area contributed by atoms with E-state index in [2.05, 4.69) is 9.97 Å². The van der Waals surface area contributed by atoms with Crippen molar-refractivity contribution in [2.24, 2.45) is 0 Å². The molecule has 0 bridgehead atoms. The molecule has 102 valence electrons. The Hall–Kier alpha value is -2.14. The van der Waals surface area contributed by atoms with Gasteiger partial charge in [-0.25, -0.2) is 9.97 Å². The number of rotatable bonds is 2. The van der Waals surface area contributed by atoms with Gasteiger partial charge in [-0.1, -0.05) is 0 Å². The van der Waals surface area contributed by atoms with Gasteiger partial charge in [0.25, 0.3) is 0 Å². The topological polar surface area (TPSA) is 61.3 Å². The molecule has 0 atom stereocenters. The molecule has 3 heterocycles. The number of hydrogen-bond donors (Lipinski definition) is 0. The van der Waals surface area contributed by atoms with Crippen molar-refractivity contribution in [1.82, 2.24) is 9.97 Å². The lowest BCUT2D eigenvalue weighted by molar-refractivity contribution is 0.0796. The van der Waals surface area contributed by atoms with E-state index in [1.807, 2.05) is 18.2 Å². The molecule has 0 amide bonds. The average Bonchev–Trinajstić information content (AvgIpc) is 3.16. The SMILES string of the molecule is c1nc2ccc(-c3cnc(C4CCOCC4)o3)cc2o1. The van der Waals surface area contributed by atoms with E-state index in [1.54, 1.807) is 6.20 Å². The zero-order valence-corrected chi connectivity index (χ0v) is 10.9. The molecular formula is C15H14N2O3. The van der Waals surface area contributed by atoms with Crippen LogP contribution in [0.25, 0.3) is 22.4 Å². The van der Waals surface area contributed by atoms with Crippen LogP contribution in [0, 0.1) is 0 Å². The molecule has 1 aliphatic rings. The van der Waals surface area contributed by atoms with Crippen molar-refractivity contribution < 1.29 is 13.6 Å². The van der Waals surface area contributed by atoms with E-state index in [9.17, 15) is 0 Å². The molecular weight excluding hydrogens is 256 g/mol. The van der Waals surface area contributed by atoms with Crippen LogP contribution in [0.1, 0.15) is 24.7 Å². The van der Waals surface area contributed by atoms with Gasteiger partial charge in [0.05, 0.1) is 6.20 Å². The Balaban J connectivity index is 1.66. The second kappa shape index (κ2) is 4.76. The van der Waals surface area contributed by atoms with Gasteiger partial charge in [0.2, 0.25) is 0 Å². The van der Waals surface area contributed by atoms with Gasteiger partial charge in [-0.05, 0) is 31.0 Å². The van der Waals surface area contributed by atoms with Crippen LogP contribution >= 0.6 is 0 Å². The molecule has 0 aliphatic carbocycles. The van der Waals surface area contributed by atoms with Crippen LogP contribution in [0.4, 0.5) is 0 Å². The van der Waals surface area contributed by atoms with Gasteiger partial charge in [0.1, 0.15) is 5.52 Å². The summed E-state index contributed by atoms with van der Waals surface area (Å²) in [5, 5.41) is 0. The Morgan fingerprint density at radius 3 is 2.90 bits per heavy atom. The third-order valence-corrected chi connectivity index (χ3v) is 3.71. The predicted molar refractivity (Wildman–Crippen MR) is 72.3 cm³/mol. The molecule has 5 nitrogen and oxygen atoms in total. The first-order valence-electron chi connectivity index (χ1n) is 6.77. The highest BCUT2D eigenvalue weighted by atomic mass is 16.5. The van der Waals surface area contributed by atoms with Crippen molar-refractivity contribution in [3.8, 4) is 11.3 Å². The smallest absolute Gasteiger partial charge is 0.198 e. The molecule has 5 heteroatoms. The summed E-state index contributed by atoms with van der Waals surface area (Å²) in [4.78, 5) is 8.52. The third-order valence-electron chi connectivity index (χ3n) is 3.71. The van der Waals surface area contributed by atoms with Crippen LogP contribution < -0.4 is 0 Å². The van der Waals surface area contributed by atoms with E-state index in [-0.39, 0.29) is 0 Å². The molecule has 1 saturated heterocycles. The summed E-state index contributed by atoms with van der Waals surface area (Å²) in [6, 6.07) is 5.82. The Kier molecular flexibility index (Phi) is 2.77. The molecule has 1 fully saturated rings. The summed E-state index contributed by atoms with van der Waals surface area (Å²) in [6.45, 7) is 1.57. The number of oxazole rings is 2. The highest BCUT2D eigenvalue weighted by Crippen LogP contribution is 2.30. The molecule has 0 radical (unpaired) electrons. The Labute approximate surface area is 115 Å². The van der Waals surface area contributed by atoms with Gasteiger partial charge in [-0.15, -0.1) is 0 Å². The molecule has 0 saturated carbocycles. The molecule has 1 aromatic carbocycles. The zero-order valence-electron chi connectivity index (χ0n) is 10.9. The summed E-state index contributed by atoms with van der Waals surface area (Å²) < 4.78 is 16.6. The van der Waals surface area contributed by atoms with E-state index >= 15 is 0 Å². The summed E-state index contributed by atoms with van der Waals surface area (Å²) in [5.74, 6) is 1.94. The van der Waals surface area contributed by atoms with Crippen molar-refractivity contribution in [3.63, 3.8) is 0 Å². The number of hydrogen-bond acceptors (Lipinski definition) is 5. The van der Waals surface area contributed by atoms with Crippen molar-refractivity contribution in [3.05, 3.63) is 36.7 Å². The highest BCUT2D eigenvalue weighted by molar-refractivity contribution is 5.78. The monoisotopic (exact) mass is 270 g/mol. The van der Waals surface area contributed by atoms with Crippen LogP contribution in [0.2, 0.25) is 0 Å². The van der Waals surface area contributed by atoms with Gasteiger partial charge in [0, 0.05) is 24.7 Å². The number of fused-ring (bicyclic) bond motifs is 1. The van der Waals surface area contributed by atoms with Gasteiger partial charge < -0.3 is 13.6 Å². The van der Waals surface area contributed by atoms with E-state index in [1.165, 1.54) is 6.39 Å². The predicted octanol–water partition coefficient (Wildman–Crippen LogP) is 3.38. The summed E-state index contributed by atoms with van der Waals surface area (Å²) in [7, 11) is 0. The zero-order chi connectivity index (χ0) is 13.4.